The number of thiophene rings is 1. The predicted octanol–water partition coefficient (Wildman–Crippen LogP) is 2.55. The standard InChI is InChI=1S/C8H10S/c1-6-5-7-3-2-4-8(7)9-6/h5H,2-4H2,1H3. The topological polar surface area (TPSA) is 0 Å². The molecule has 1 heterocycles. The van der Waals surface area contributed by atoms with E-state index in [1.165, 1.54) is 24.1 Å². The minimum atomic E-state index is 1.33. The van der Waals surface area contributed by atoms with Crippen molar-refractivity contribution in [1.82, 2.24) is 0 Å². The van der Waals surface area contributed by atoms with Gasteiger partial charge >= 0.3 is 0 Å². The summed E-state index contributed by atoms with van der Waals surface area (Å²) in [6.45, 7) is 2.20. The number of hydrogen-bond acceptors (Lipinski definition) is 1. The summed E-state index contributed by atoms with van der Waals surface area (Å²) in [5.74, 6) is 0. The lowest BCUT2D eigenvalue weighted by atomic mass is 10.2. The highest BCUT2D eigenvalue weighted by molar-refractivity contribution is 7.12. The van der Waals surface area contributed by atoms with Crippen molar-refractivity contribution < 1.29 is 0 Å². The van der Waals surface area contributed by atoms with E-state index in [0.29, 0.717) is 0 Å². The van der Waals surface area contributed by atoms with Crippen LogP contribution in [0.4, 0.5) is 0 Å². The van der Waals surface area contributed by atoms with Gasteiger partial charge in [0.2, 0.25) is 0 Å². The van der Waals surface area contributed by atoms with Crippen LogP contribution in [0.15, 0.2) is 6.07 Å². The van der Waals surface area contributed by atoms with Crippen LogP contribution in [0.25, 0.3) is 0 Å². The molecule has 0 saturated carbocycles. The predicted molar refractivity (Wildman–Crippen MR) is 41.1 cm³/mol. The molecule has 0 aromatic carbocycles. The van der Waals surface area contributed by atoms with Crippen molar-refractivity contribution in [3.8, 4) is 0 Å². The molecule has 1 heteroatoms. The van der Waals surface area contributed by atoms with Gasteiger partial charge in [-0.05, 0) is 37.8 Å². The van der Waals surface area contributed by atoms with Crippen molar-refractivity contribution in [2.75, 3.05) is 0 Å². The lowest BCUT2D eigenvalue weighted by Crippen LogP contribution is -1.68. The van der Waals surface area contributed by atoms with Crippen LogP contribution >= 0.6 is 11.3 Å². The van der Waals surface area contributed by atoms with Gasteiger partial charge in [-0.15, -0.1) is 11.3 Å². The van der Waals surface area contributed by atoms with Gasteiger partial charge in [-0.1, -0.05) is 0 Å². The summed E-state index contributed by atoms with van der Waals surface area (Å²) in [6.07, 6.45) is 4.06. The number of fused-ring (bicyclic) bond motifs is 1. The van der Waals surface area contributed by atoms with Gasteiger partial charge in [0.05, 0.1) is 0 Å². The van der Waals surface area contributed by atoms with Crippen LogP contribution in [0.2, 0.25) is 0 Å². The van der Waals surface area contributed by atoms with Gasteiger partial charge in [-0.25, -0.2) is 0 Å². The summed E-state index contributed by atoms with van der Waals surface area (Å²) >= 11 is 1.98. The zero-order valence-electron chi connectivity index (χ0n) is 5.61. The van der Waals surface area contributed by atoms with Crippen molar-refractivity contribution in [3.63, 3.8) is 0 Å². The maximum absolute atomic E-state index is 2.34. The molecular weight excluding hydrogens is 128 g/mol. The van der Waals surface area contributed by atoms with Gasteiger partial charge in [0.1, 0.15) is 0 Å². The molecule has 2 rings (SSSR count). The quantitative estimate of drug-likeness (QED) is 0.517. The third-order valence-electron chi connectivity index (χ3n) is 1.87. The number of hydrogen-bond donors (Lipinski definition) is 0. The second-order valence-corrected chi connectivity index (χ2v) is 4.00. The molecule has 0 aliphatic heterocycles. The monoisotopic (exact) mass is 138 g/mol. The summed E-state index contributed by atoms with van der Waals surface area (Å²) in [5, 5.41) is 0. The Balaban J connectivity index is 2.51. The van der Waals surface area contributed by atoms with Gasteiger partial charge in [-0.3, -0.25) is 0 Å². The van der Waals surface area contributed by atoms with E-state index in [9.17, 15) is 0 Å². The highest BCUT2D eigenvalue weighted by Crippen LogP contribution is 2.29. The van der Waals surface area contributed by atoms with E-state index in [1.807, 2.05) is 11.3 Å². The second kappa shape index (κ2) is 1.84. The Hall–Kier alpha value is -0.300. The Morgan fingerprint density at radius 2 is 2.33 bits per heavy atom. The van der Waals surface area contributed by atoms with Gasteiger partial charge in [-0.2, -0.15) is 0 Å². The summed E-state index contributed by atoms with van der Waals surface area (Å²) < 4.78 is 0. The summed E-state index contributed by atoms with van der Waals surface area (Å²) in [4.78, 5) is 3.13. The van der Waals surface area contributed by atoms with Crippen molar-refractivity contribution in [2.24, 2.45) is 0 Å². The molecule has 0 amide bonds. The molecule has 0 fully saturated rings. The first kappa shape index (κ1) is 5.48. The van der Waals surface area contributed by atoms with Crippen LogP contribution in [0.1, 0.15) is 21.7 Å². The molecule has 0 spiro atoms. The number of aryl methyl sites for hydroxylation is 3. The van der Waals surface area contributed by atoms with Crippen LogP contribution in [-0.4, -0.2) is 0 Å². The molecule has 9 heavy (non-hydrogen) atoms. The SMILES string of the molecule is Cc1cc2c(s1)CCC2. The molecule has 0 saturated heterocycles. The lowest BCUT2D eigenvalue weighted by molar-refractivity contribution is 0.914. The van der Waals surface area contributed by atoms with Crippen molar-refractivity contribution in [1.29, 1.82) is 0 Å². The van der Waals surface area contributed by atoms with Crippen molar-refractivity contribution in [2.45, 2.75) is 26.2 Å². The van der Waals surface area contributed by atoms with E-state index in [4.69, 9.17) is 0 Å². The van der Waals surface area contributed by atoms with Crippen LogP contribution in [0, 0.1) is 6.92 Å². The fourth-order valence-corrected chi connectivity index (χ4v) is 2.61. The van der Waals surface area contributed by atoms with E-state index in [2.05, 4.69) is 13.0 Å². The average molecular weight is 138 g/mol. The lowest BCUT2D eigenvalue weighted by Gasteiger charge is -1.80. The Labute approximate surface area is 59.5 Å². The van der Waals surface area contributed by atoms with E-state index >= 15 is 0 Å². The zero-order valence-corrected chi connectivity index (χ0v) is 6.42. The fraction of sp³-hybridized carbons (Fsp3) is 0.500. The molecule has 0 bridgehead atoms. The maximum atomic E-state index is 2.34. The van der Waals surface area contributed by atoms with E-state index < -0.39 is 0 Å². The molecule has 0 unspecified atom stereocenters. The van der Waals surface area contributed by atoms with Crippen LogP contribution in [0.3, 0.4) is 0 Å². The van der Waals surface area contributed by atoms with Crippen molar-refractivity contribution >= 4 is 11.3 Å². The largest absolute Gasteiger partial charge is 0.145 e. The second-order valence-electron chi connectivity index (χ2n) is 2.66. The Bertz CT molecular complexity index is 201. The van der Waals surface area contributed by atoms with Crippen LogP contribution < -0.4 is 0 Å². The summed E-state index contributed by atoms with van der Waals surface area (Å²) in [6, 6.07) is 2.34. The summed E-state index contributed by atoms with van der Waals surface area (Å²) in [5.41, 5.74) is 1.62. The molecule has 1 aliphatic carbocycles. The zero-order chi connectivity index (χ0) is 6.27. The fourth-order valence-electron chi connectivity index (χ4n) is 1.48. The summed E-state index contributed by atoms with van der Waals surface area (Å²) in [7, 11) is 0. The van der Waals surface area contributed by atoms with Gasteiger partial charge in [0.25, 0.3) is 0 Å². The normalized spacial score (nSPS) is 16.1. The molecule has 1 aromatic heterocycles. The average Bonchev–Trinajstić information content (AvgIpc) is 2.22. The molecule has 1 aliphatic rings. The molecular formula is C8H10S. The molecule has 48 valence electrons. The minimum Gasteiger partial charge on any atom is -0.145 e. The first-order valence-corrected chi connectivity index (χ1v) is 4.26. The van der Waals surface area contributed by atoms with E-state index in [-0.39, 0.29) is 0 Å². The number of rotatable bonds is 0. The smallest absolute Gasteiger partial charge is 0.00801 e. The molecule has 0 nitrogen and oxygen atoms in total. The third kappa shape index (κ3) is 0.799. The highest BCUT2D eigenvalue weighted by atomic mass is 32.1. The maximum Gasteiger partial charge on any atom is 0.00801 e. The van der Waals surface area contributed by atoms with Crippen LogP contribution in [-0.2, 0) is 12.8 Å². The van der Waals surface area contributed by atoms with Crippen molar-refractivity contribution in [3.05, 3.63) is 21.4 Å². The van der Waals surface area contributed by atoms with Gasteiger partial charge in [0.15, 0.2) is 0 Å². The molecule has 0 N–H and O–H groups in total. The Kier molecular flexibility index (Phi) is 1.12. The van der Waals surface area contributed by atoms with E-state index in [0.717, 1.165) is 0 Å². The minimum absolute atomic E-state index is 1.33. The van der Waals surface area contributed by atoms with E-state index in [1.54, 1.807) is 10.4 Å². The van der Waals surface area contributed by atoms with Gasteiger partial charge in [0, 0.05) is 9.75 Å². The molecule has 0 atom stereocenters. The third-order valence-corrected chi connectivity index (χ3v) is 3.02. The highest BCUT2D eigenvalue weighted by Gasteiger charge is 2.12. The Morgan fingerprint density at radius 3 is 3.11 bits per heavy atom. The van der Waals surface area contributed by atoms with Gasteiger partial charge < -0.3 is 0 Å². The first-order valence-electron chi connectivity index (χ1n) is 3.44. The Morgan fingerprint density at radius 1 is 1.44 bits per heavy atom. The molecule has 1 aromatic rings. The molecule has 0 radical (unpaired) electrons. The van der Waals surface area contributed by atoms with Crippen LogP contribution in [0.5, 0.6) is 0 Å². The first-order chi connectivity index (χ1) is 4.36.